The van der Waals surface area contributed by atoms with E-state index in [1.165, 1.54) is 44.2 Å². The van der Waals surface area contributed by atoms with E-state index >= 15 is 0 Å². The lowest BCUT2D eigenvalue weighted by Gasteiger charge is -2.28. The van der Waals surface area contributed by atoms with E-state index in [1.54, 1.807) is 0 Å². The average molecular weight is 424 g/mol. The van der Waals surface area contributed by atoms with Gasteiger partial charge >= 0.3 is 0 Å². The third kappa shape index (κ3) is 3.62. The molecule has 1 aliphatic heterocycles. The van der Waals surface area contributed by atoms with E-state index in [2.05, 4.69) is 75.4 Å². The molecule has 162 valence electrons. The number of anilines is 2. The number of nitrogens with one attached hydrogen (secondary N) is 1. The predicted octanol–water partition coefficient (Wildman–Crippen LogP) is 6.04. The predicted molar refractivity (Wildman–Crippen MR) is 132 cm³/mol. The van der Waals surface area contributed by atoms with Gasteiger partial charge in [-0.3, -0.25) is 4.57 Å². The number of nitrogens with zero attached hydrogens (tertiary/aromatic N) is 4. The van der Waals surface area contributed by atoms with Gasteiger partial charge in [0.15, 0.2) is 5.65 Å². The van der Waals surface area contributed by atoms with Crippen molar-refractivity contribution in [3.8, 4) is 17.1 Å². The van der Waals surface area contributed by atoms with Crippen LogP contribution in [0.1, 0.15) is 38.5 Å². The van der Waals surface area contributed by atoms with E-state index in [0.717, 1.165) is 47.1 Å². The Morgan fingerprint density at radius 3 is 2.25 bits per heavy atom. The molecule has 4 aromatic rings. The van der Waals surface area contributed by atoms with Crippen LogP contribution in [0.3, 0.4) is 0 Å². The SMILES string of the molecule is c1ccc(-c2nc3ccc(N4CCCCC4)nc3n2-c2ccc(NC3CCC3)cc2)cc1. The quantitative estimate of drug-likeness (QED) is 0.425. The monoisotopic (exact) mass is 423 g/mol. The topological polar surface area (TPSA) is 46.0 Å². The summed E-state index contributed by atoms with van der Waals surface area (Å²) < 4.78 is 2.21. The van der Waals surface area contributed by atoms with Gasteiger partial charge in [0.2, 0.25) is 0 Å². The second-order valence-corrected chi connectivity index (χ2v) is 9.02. The molecule has 3 heterocycles. The van der Waals surface area contributed by atoms with E-state index in [9.17, 15) is 0 Å². The molecule has 1 N–H and O–H groups in total. The summed E-state index contributed by atoms with van der Waals surface area (Å²) in [6.07, 6.45) is 7.68. The molecule has 5 nitrogen and oxygen atoms in total. The van der Waals surface area contributed by atoms with Crippen LogP contribution in [-0.2, 0) is 0 Å². The van der Waals surface area contributed by atoms with Crippen LogP contribution in [0.25, 0.3) is 28.2 Å². The van der Waals surface area contributed by atoms with Crippen LogP contribution >= 0.6 is 0 Å². The minimum Gasteiger partial charge on any atom is -0.382 e. The van der Waals surface area contributed by atoms with Crippen molar-refractivity contribution in [3.05, 3.63) is 66.7 Å². The summed E-state index contributed by atoms with van der Waals surface area (Å²) >= 11 is 0. The van der Waals surface area contributed by atoms with Crippen molar-refractivity contribution in [2.45, 2.75) is 44.6 Å². The summed E-state index contributed by atoms with van der Waals surface area (Å²) in [5.41, 5.74) is 5.23. The van der Waals surface area contributed by atoms with Crippen LogP contribution in [0.4, 0.5) is 11.5 Å². The summed E-state index contributed by atoms with van der Waals surface area (Å²) in [7, 11) is 0. The maximum absolute atomic E-state index is 5.13. The van der Waals surface area contributed by atoms with Gasteiger partial charge in [-0.15, -0.1) is 0 Å². The molecule has 0 amide bonds. The third-order valence-electron chi connectivity index (χ3n) is 6.80. The lowest BCUT2D eigenvalue weighted by atomic mass is 9.93. The molecule has 1 saturated carbocycles. The number of benzene rings is 2. The molecule has 2 aromatic heterocycles. The minimum atomic E-state index is 0.628. The van der Waals surface area contributed by atoms with E-state index < -0.39 is 0 Å². The van der Waals surface area contributed by atoms with Crippen molar-refractivity contribution in [2.24, 2.45) is 0 Å². The number of pyridine rings is 1. The number of aromatic nitrogens is 3. The van der Waals surface area contributed by atoms with Gasteiger partial charge in [-0.05, 0) is 74.9 Å². The maximum Gasteiger partial charge on any atom is 0.167 e. The molecule has 0 radical (unpaired) electrons. The van der Waals surface area contributed by atoms with Crippen LogP contribution in [-0.4, -0.2) is 33.7 Å². The maximum atomic E-state index is 5.13. The first-order chi connectivity index (χ1) is 15.8. The lowest BCUT2D eigenvalue weighted by Crippen LogP contribution is -2.30. The standard InChI is InChI=1S/C27H29N5/c1-3-8-20(9-4-1)26-29-24-16-17-25(31-18-5-2-6-19-31)30-27(24)32(26)23-14-12-22(13-15-23)28-21-10-7-11-21/h1,3-4,8-9,12-17,21,28H,2,5-7,10-11,18-19H2. The molecule has 5 heteroatoms. The molecule has 1 aliphatic carbocycles. The van der Waals surface area contributed by atoms with Gasteiger partial charge in [-0.2, -0.15) is 0 Å². The number of piperidine rings is 1. The van der Waals surface area contributed by atoms with E-state index in [4.69, 9.17) is 9.97 Å². The van der Waals surface area contributed by atoms with Gasteiger partial charge in [0.1, 0.15) is 17.2 Å². The number of rotatable bonds is 5. The molecule has 0 unspecified atom stereocenters. The fourth-order valence-electron chi connectivity index (χ4n) is 4.77. The Hall–Kier alpha value is -3.34. The summed E-state index contributed by atoms with van der Waals surface area (Å²) in [6, 6.07) is 24.0. The number of hydrogen-bond acceptors (Lipinski definition) is 4. The fraction of sp³-hybridized carbons (Fsp3) is 0.333. The highest BCUT2D eigenvalue weighted by Crippen LogP contribution is 2.31. The Bertz CT molecular complexity index is 1200. The van der Waals surface area contributed by atoms with Gasteiger partial charge in [0.05, 0.1) is 0 Å². The van der Waals surface area contributed by atoms with Crippen molar-refractivity contribution < 1.29 is 0 Å². The third-order valence-corrected chi connectivity index (χ3v) is 6.80. The van der Waals surface area contributed by atoms with Crippen LogP contribution in [0.2, 0.25) is 0 Å². The van der Waals surface area contributed by atoms with E-state index in [1.807, 2.05) is 6.07 Å². The summed E-state index contributed by atoms with van der Waals surface area (Å²) in [5.74, 6) is 1.99. The van der Waals surface area contributed by atoms with Crippen molar-refractivity contribution in [3.63, 3.8) is 0 Å². The Balaban J connectivity index is 1.45. The molecule has 6 rings (SSSR count). The molecule has 1 saturated heterocycles. The van der Waals surface area contributed by atoms with E-state index in [0.29, 0.717) is 6.04 Å². The molecule has 2 aliphatic rings. The number of hydrogen-bond donors (Lipinski definition) is 1. The molecule has 32 heavy (non-hydrogen) atoms. The zero-order chi connectivity index (χ0) is 21.3. The highest BCUT2D eigenvalue weighted by Gasteiger charge is 2.20. The Kier molecular flexibility index (Phi) is 5.02. The fourth-order valence-corrected chi connectivity index (χ4v) is 4.77. The molecule has 2 fully saturated rings. The Labute approximate surface area is 189 Å². The van der Waals surface area contributed by atoms with Gasteiger partial charge in [0, 0.05) is 36.1 Å². The molecular weight excluding hydrogens is 394 g/mol. The number of imidazole rings is 1. The summed E-state index contributed by atoms with van der Waals surface area (Å²) in [5, 5.41) is 3.64. The van der Waals surface area contributed by atoms with Crippen molar-refractivity contribution in [2.75, 3.05) is 23.3 Å². The zero-order valence-corrected chi connectivity index (χ0v) is 18.4. The second-order valence-electron chi connectivity index (χ2n) is 9.02. The molecule has 2 aromatic carbocycles. The smallest absolute Gasteiger partial charge is 0.167 e. The van der Waals surface area contributed by atoms with Gasteiger partial charge in [0.25, 0.3) is 0 Å². The van der Waals surface area contributed by atoms with Gasteiger partial charge in [-0.25, -0.2) is 9.97 Å². The van der Waals surface area contributed by atoms with Crippen LogP contribution in [0.5, 0.6) is 0 Å². The van der Waals surface area contributed by atoms with Crippen LogP contribution in [0, 0.1) is 0 Å². The Morgan fingerprint density at radius 1 is 0.750 bits per heavy atom. The first kappa shape index (κ1) is 19.4. The minimum absolute atomic E-state index is 0.628. The molecule has 0 spiro atoms. The van der Waals surface area contributed by atoms with Crippen molar-refractivity contribution >= 4 is 22.7 Å². The first-order valence-corrected chi connectivity index (χ1v) is 11.9. The van der Waals surface area contributed by atoms with Gasteiger partial charge < -0.3 is 10.2 Å². The van der Waals surface area contributed by atoms with Crippen molar-refractivity contribution in [1.29, 1.82) is 0 Å². The van der Waals surface area contributed by atoms with Gasteiger partial charge in [-0.1, -0.05) is 30.3 Å². The zero-order valence-electron chi connectivity index (χ0n) is 18.4. The second kappa shape index (κ2) is 8.30. The van der Waals surface area contributed by atoms with Crippen molar-refractivity contribution in [1.82, 2.24) is 14.5 Å². The Morgan fingerprint density at radius 2 is 1.53 bits per heavy atom. The summed E-state index contributed by atoms with van der Waals surface area (Å²) in [6.45, 7) is 2.17. The first-order valence-electron chi connectivity index (χ1n) is 11.9. The van der Waals surface area contributed by atoms with Crippen LogP contribution < -0.4 is 10.2 Å². The normalized spacial score (nSPS) is 16.8. The highest BCUT2D eigenvalue weighted by atomic mass is 15.2. The van der Waals surface area contributed by atoms with Crippen LogP contribution in [0.15, 0.2) is 66.7 Å². The highest BCUT2D eigenvalue weighted by molar-refractivity contribution is 5.81. The average Bonchev–Trinajstić information content (AvgIpc) is 3.22. The van der Waals surface area contributed by atoms with E-state index in [-0.39, 0.29) is 0 Å². The molecule has 0 atom stereocenters. The molecule has 0 bridgehead atoms. The molecular formula is C27H29N5. The lowest BCUT2D eigenvalue weighted by molar-refractivity contribution is 0.445. The largest absolute Gasteiger partial charge is 0.382 e. The summed E-state index contributed by atoms with van der Waals surface area (Å²) in [4.78, 5) is 12.5. The number of fused-ring (bicyclic) bond motifs is 1.